The normalized spacial score (nSPS) is 13.6. The zero-order chi connectivity index (χ0) is 19.9. The summed E-state index contributed by atoms with van der Waals surface area (Å²) >= 11 is 0. The molecule has 30 heavy (non-hydrogen) atoms. The van der Waals surface area contributed by atoms with E-state index in [1.807, 2.05) is 37.3 Å². The number of carbonyl (C=O) groups excluding carboxylic acids is 2. The van der Waals surface area contributed by atoms with Crippen LogP contribution in [0.25, 0.3) is 0 Å². The van der Waals surface area contributed by atoms with Crippen LogP contribution in [0.1, 0.15) is 31.7 Å². The van der Waals surface area contributed by atoms with Crippen molar-refractivity contribution in [3.05, 3.63) is 54.1 Å². The van der Waals surface area contributed by atoms with Gasteiger partial charge in [-0.3, -0.25) is 9.59 Å². The molecule has 1 fully saturated rings. The third-order valence-electron chi connectivity index (χ3n) is 4.84. The third-order valence-corrected chi connectivity index (χ3v) is 4.84. The van der Waals surface area contributed by atoms with Crippen LogP contribution in [0, 0.1) is 0 Å². The Morgan fingerprint density at radius 3 is 2.37 bits per heavy atom. The molecule has 1 aliphatic heterocycles. The minimum absolute atomic E-state index is 0. The number of carbonyl (C=O) groups is 2. The molecule has 164 valence electrons. The van der Waals surface area contributed by atoms with Gasteiger partial charge in [-0.15, -0.1) is 24.8 Å². The van der Waals surface area contributed by atoms with E-state index in [9.17, 15) is 9.59 Å². The van der Waals surface area contributed by atoms with E-state index in [0.717, 1.165) is 30.0 Å². The quantitative estimate of drug-likeness (QED) is 0.557. The van der Waals surface area contributed by atoms with Crippen molar-refractivity contribution in [3.8, 4) is 0 Å². The lowest BCUT2D eigenvalue weighted by Crippen LogP contribution is -2.36. The highest BCUT2D eigenvalue weighted by Gasteiger charge is 2.15. The number of nitrogens with zero attached hydrogens (tertiary/aromatic N) is 1. The fourth-order valence-electron chi connectivity index (χ4n) is 3.44. The fourth-order valence-corrected chi connectivity index (χ4v) is 3.44. The van der Waals surface area contributed by atoms with Gasteiger partial charge in [0.25, 0.3) is 0 Å². The summed E-state index contributed by atoms with van der Waals surface area (Å²) in [5.41, 5.74) is 9.14. The van der Waals surface area contributed by atoms with Gasteiger partial charge < -0.3 is 21.3 Å². The second-order valence-electron chi connectivity index (χ2n) is 7.38. The molecule has 0 radical (unpaired) electrons. The topological polar surface area (TPSA) is 87.5 Å². The summed E-state index contributed by atoms with van der Waals surface area (Å²) in [6.45, 7) is 3.96. The molecule has 1 atom stereocenters. The van der Waals surface area contributed by atoms with Crippen molar-refractivity contribution in [2.75, 3.05) is 29.0 Å². The molecule has 4 N–H and O–H groups in total. The molecule has 8 heteroatoms. The van der Waals surface area contributed by atoms with Gasteiger partial charge in [-0.05, 0) is 55.7 Å². The lowest BCUT2D eigenvalue weighted by molar-refractivity contribution is -0.121. The summed E-state index contributed by atoms with van der Waals surface area (Å²) < 4.78 is 0. The van der Waals surface area contributed by atoms with Gasteiger partial charge in [0.05, 0.1) is 6.42 Å². The number of anilines is 3. The molecule has 1 unspecified atom stereocenters. The standard InChI is InChI=1S/C22H28N4O2.2ClH/c1-16(24-22(28)14-17-7-9-18(23)10-8-17)13-21(27)25-19-5-4-6-20(15-19)26-11-2-3-12-26;;/h4-10,15-16H,2-3,11-14,23H2,1H3,(H,24,28)(H,25,27);2*1H. The highest BCUT2D eigenvalue weighted by atomic mass is 35.5. The Bertz CT molecular complexity index is 824. The van der Waals surface area contributed by atoms with E-state index in [0.29, 0.717) is 5.69 Å². The molecule has 3 rings (SSSR count). The maximum atomic E-state index is 12.3. The molecule has 0 spiro atoms. The van der Waals surface area contributed by atoms with Crippen molar-refractivity contribution in [1.82, 2.24) is 5.32 Å². The molecule has 1 saturated heterocycles. The second-order valence-corrected chi connectivity index (χ2v) is 7.38. The van der Waals surface area contributed by atoms with E-state index < -0.39 is 0 Å². The van der Waals surface area contributed by atoms with Crippen LogP contribution in [0.4, 0.5) is 17.1 Å². The number of rotatable bonds is 7. The molecule has 1 heterocycles. The predicted molar refractivity (Wildman–Crippen MR) is 128 cm³/mol. The first-order valence-electron chi connectivity index (χ1n) is 9.78. The Balaban J connectivity index is 0.00000225. The smallest absolute Gasteiger partial charge is 0.226 e. The minimum Gasteiger partial charge on any atom is -0.399 e. The predicted octanol–water partition coefficient (Wildman–Crippen LogP) is 3.79. The molecule has 0 saturated carbocycles. The largest absolute Gasteiger partial charge is 0.399 e. The zero-order valence-corrected chi connectivity index (χ0v) is 18.7. The van der Waals surface area contributed by atoms with Gasteiger partial charge in [0.1, 0.15) is 0 Å². The number of nitrogens with one attached hydrogen (secondary N) is 2. The number of nitrogen functional groups attached to an aromatic ring is 1. The van der Waals surface area contributed by atoms with E-state index in [4.69, 9.17) is 5.73 Å². The number of nitrogens with two attached hydrogens (primary N) is 1. The van der Waals surface area contributed by atoms with Crippen molar-refractivity contribution in [2.24, 2.45) is 0 Å². The Morgan fingerprint density at radius 2 is 1.70 bits per heavy atom. The SMILES string of the molecule is CC(CC(=O)Nc1cccc(N2CCCC2)c1)NC(=O)Cc1ccc(N)cc1.Cl.Cl. The van der Waals surface area contributed by atoms with Crippen LogP contribution < -0.4 is 21.3 Å². The Kier molecular flexibility index (Phi) is 10.5. The van der Waals surface area contributed by atoms with Gasteiger partial charge >= 0.3 is 0 Å². The van der Waals surface area contributed by atoms with Gasteiger partial charge in [0.2, 0.25) is 11.8 Å². The van der Waals surface area contributed by atoms with Crippen LogP contribution in [0.3, 0.4) is 0 Å². The monoisotopic (exact) mass is 452 g/mol. The van der Waals surface area contributed by atoms with Gasteiger partial charge in [0.15, 0.2) is 0 Å². The molecular formula is C22H30Cl2N4O2. The maximum absolute atomic E-state index is 12.3. The number of hydrogen-bond acceptors (Lipinski definition) is 4. The first kappa shape index (κ1) is 25.6. The molecule has 0 bridgehead atoms. The summed E-state index contributed by atoms with van der Waals surface area (Å²) in [6, 6.07) is 14.9. The summed E-state index contributed by atoms with van der Waals surface area (Å²) in [4.78, 5) is 26.8. The van der Waals surface area contributed by atoms with E-state index in [2.05, 4.69) is 21.6 Å². The number of halogens is 2. The first-order valence-corrected chi connectivity index (χ1v) is 9.78. The van der Waals surface area contributed by atoms with E-state index >= 15 is 0 Å². The molecule has 6 nitrogen and oxygen atoms in total. The number of hydrogen-bond donors (Lipinski definition) is 3. The van der Waals surface area contributed by atoms with Crippen LogP contribution >= 0.6 is 24.8 Å². The highest BCUT2D eigenvalue weighted by Crippen LogP contribution is 2.23. The Labute approximate surface area is 190 Å². The van der Waals surface area contributed by atoms with E-state index in [-0.39, 0.29) is 55.5 Å². The Morgan fingerprint density at radius 1 is 1.03 bits per heavy atom. The van der Waals surface area contributed by atoms with E-state index in [1.54, 1.807) is 12.1 Å². The summed E-state index contributed by atoms with van der Waals surface area (Å²) in [5, 5.41) is 5.81. The molecule has 2 aromatic rings. The highest BCUT2D eigenvalue weighted by molar-refractivity contribution is 5.92. The van der Waals surface area contributed by atoms with Crippen molar-refractivity contribution < 1.29 is 9.59 Å². The van der Waals surface area contributed by atoms with Crippen LogP contribution in [0.2, 0.25) is 0 Å². The van der Waals surface area contributed by atoms with Crippen LogP contribution in [0.15, 0.2) is 48.5 Å². The van der Waals surface area contributed by atoms with Gasteiger partial charge in [-0.1, -0.05) is 18.2 Å². The van der Waals surface area contributed by atoms with Gasteiger partial charge in [-0.25, -0.2) is 0 Å². The molecule has 0 aliphatic carbocycles. The van der Waals surface area contributed by atoms with Gasteiger partial charge in [0, 0.05) is 42.6 Å². The summed E-state index contributed by atoms with van der Waals surface area (Å²) in [7, 11) is 0. The minimum atomic E-state index is -0.247. The Hall–Kier alpha value is -2.44. The number of amides is 2. The third kappa shape index (κ3) is 7.76. The molecule has 1 aliphatic rings. The molecule has 0 aromatic heterocycles. The number of benzene rings is 2. The molecule has 2 amide bonds. The van der Waals surface area contributed by atoms with Crippen LogP contribution in [-0.4, -0.2) is 30.9 Å². The average molecular weight is 453 g/mol. The average Bonchev–Trinajstić information content (AvgIpc) is 3.18. The van der Waals surface area contributed by atoms with Crippen molar-refractivity contribution >= 4 is 53.7 Å². The summed E-state index contributed by atoms with van der Waals surface area (Å²) in [5.74, 6) is -0.222. The lowest BCUT2D eigenvalue weighted by Gasteiger charge is -2.19. The second kappa shape index (κ2) is 12.3. The zero-order valence-electron chi connectivity index (χ0n) is 17.1. The van der Waals surface area contributed by atoms with Crippen molar-refractivity contribution in [2.45, 2.75) is 38.6 Å². The van der Waals surface area contributed by atoms with Crippen molar-refractivity contribution in [3.63, 3.8) is 0 Å². The maximum Gasteiger partial charge on any atom is 0.226 e. The van der Waals surface area contributed by atoms with Crippen LogP contribution in [-0.2, 0) is 16.0 Å². The lowest BCUT2D eigenvalue weighted by atomic mass is 10.1. The molecule has 2 aromatic carbocycles. The molecular weight excluding hydrogens is 423 g/mol. The first-order chi connectivity index (χ1) is 13.5. The van der Waals surface area contributed by atoms with E-state index in [1.165, 1.54) is 12.8 Å². The van der Waals surface area contributed by atoms with Gasteiger partial charge in [-0.2, -0.15) is 0 Å². The summed E-state index contributed by atoms with van der Waals surface area (Å²) in [6.07, 6.45) is 2.92. The van der Waals surface area contributed by atoms with Crippen molar-refractivity contribution in [1.29, 1.82) is 0 Å². The van der Waals surface area contributed by atoms with Crippen LogP contribution in [0.5, 0.6) is 0 Å². The fraction of sp³-hybridized carbons (Fsp3) is 0.364.